The van der Waals surface area contributed by atoms with Crippen molar-refractivity contribution in [1.29, 1.82) is 0 Å². The molecule has 0 amide bonds. The van der Waals surface area contributed by atoms with Gasteiger partial charge in [-0.25, -0.2) is 4.79 Å². The van der Waals surface area contributed by atoms with E-state index in [1.165, 1.54) is 7.05 Å². The minimum atomic E-state index is -5.10. The maximum absolute atomic E-state index is 12.5. The van der Waals surface area contributed by atoms with Gasteiger partial charge in [-0.2, -0.15) is 18.0 Å². The summed E-state index contributed by atoms with van der Waals surface area (Å²) in [5, 5.41) is 18.5. The molecule has 0 fully saturated rings. The van der Waals surface area contributed by atoms with Gasteiger partial charge in [0.2, 0.25) is 5.54 Å². The van der Waals surface area contributed by atoms with Crippen LogP contribution in [0, 0.1) is 0 Å². The lowest BCUT2D eigenvalue weighted by atomic mass is 9.96. The largest absolute Gasteiger partial charge is 0.480 e. The summed E-state index contributed by atoms with van der Waals surface area (Å²) in [5.41, 5.74) is 1.41. The predicted octanol–water partition coefficient (Wildman–Crippen LogP) is -0.903. The monoisotopic (exact) mass is 239 g/mol. The first kappa shape index (κ1) is 12.4. The molecule has 0 saturated carbocycles. The van der Waals surface area contributed by atoms with Gasteiger partial charge in [0.25, 0.3) is 0 Å². The van der Waals surface area contributed by atoms with Crippen LogP contribution in [0.2, 0.25) is 0 Å². The molecule has 90 valence electrons. The fourth-order valence-electron chi connectivity index (χ4n) is 0.941. The van der Waals surface area contributed by atoms with Crippen LogP contribution in [0.15, 0.2) is 0 Å². The molecule has 1 unspecified atom stereocenters. The van der Waals surface area contributed by atoms with Crippen molar-refractivity contribution in [2.75, 3.05) is 0 Å². The van der Waals surface area contributed by atoms with Crippen LogP contribution in [-0.4, -0.2) is 43.0 Å². The number of nitrogens with two attached hydrogens (primary N) is 1. The van der Waals surface area contributed by atoms with Crippen molar-refractivity contribution < 1.29 is 23.1 Å². The van der Waals surface area contributed by atoms with Crippen molar-refractivity contribution in [2.24, 2.45) is 12.8 Å². The van der Waals surface area contributed by atoms with Crippen molar-refractivity contribution in [2.45, 2.75) is 18.1 Å². The number of hydrogen-bond acceptors (Lipinski definition) is 5. The molecule has 1 heterocycles. The molecule has 1 rings (SSSR count). The molecule has 0 radical (unpaired) electrons. The second-order valence-corrected chi connectivity index (χ2v) is 3.15. The molecule has 0 aliphatic rings. The summed E-state index contributed by atoms with van der Waals surface area (Å²) >= 11 is 0. The van der Waals surface area contributed by atoms with E-state index in [1.807, 2.05) is 0 Å². The minimum absolute atomic E-state index is 0.385. The van der Waals surface area contributed by atoms with Crippen molar-refractivity contribution in [3.63, 3.8) is 0 Å². The molecule has 0 aliphatic heterocycles. The highest BCUT2D eigenvalue weighted by Gasteiger charge is 2.58. The van der Waals surface area contributed by atoms with E-state index in [4.69, 9.17) is 10.8 Å². The molecule has 1 aromatic heterocycles. The smallest absolute Gasteiger partial charge is 0.417 e. The highest BCUT2D eigenvalue weighted by atomic mass is 19.4. The van der Waals surface area contributed by atoms with Gasteiger partial charge in [0.15, 0.2) is 5.82 Å². The average Bonchev–Trinajstić information content (AvgIpc) is 2.48. The molecule has 0 aromatic carbocycles. The maximum Gasteiger partial charge on any atom is 0.417 e. The summed E-state index contributed by atoms with van der Waals surface area (Å²) in [5.74, 6) is -2.57. The molecule has 0 bridgehead atoms. The molecule has 16 heavy (non-hydrogen) atoms. The number of carboxylic acids is 1. The summed E-state index contributed by atoms with van der Waals surface area (Å²) in [4.78, 5) is 11.5. The van der Waals surface area contributed by atoms with Gasteiger partial charge in [-0.15, -0.1) is 10.2 Å². The van der Waals surface area contributed by atoms with E-state index in [0.29, 0.717) is 0 Å². The molecule has 1 aromatic rings. The Kier molecular flexibility index (Phi) is 2.86. The Morgan fingerprint density at radius 3 is 2.44 bits per heavy atom. The maximum atomic E-state index is 12.5. The van der Waals surface area contributed by atoms with E-state index in [0.717, 1.165) is 4.80 Å². The van der Waals surface area contributed by atoms with E-state index < -0.39 is 24.1 Å². The number of rotatable bonds is 3. The predicted molar refractivity (Wildman–Crippen MR) is 43.1 cm³/mol. The molecule has 7 nitrogen and oxygen atoms in total. The molecule has 10 heteroatoms. The number of hydrogen-bond donors (Lipinski definition) is 2. The van der Waals surface area contributed by atoms with Gasteiger partial charge in [0, 0.05) is 6.42 Å². The van der Waals surface area contributed by atoms with Crippen LogP contribution in [0.1, 0.15) is 5.82 Å². The molecule has 0 aliphatic carbocycles. The van der Waals surface area contributed by atoms with Crippen LogP contribution in [0.25, 0.3) is 0 Å². The van der Waals surface area contributed by atoms with E-state index in [1.54, 1.807) is 0 Å². The molecular weight excluding hydrogens is 231 g/mol. The van der Waals surface area contributed by atoms with Crippen LogP contribution < -0.4 is 5.73 Å². The Bertz CT molecular complexity index is 403. The highest BCUT2D eigenvalue weighted by Crippen LogP contribution is 2.30. The second kappa shape index (κ2) is 3.70. The number of carbonyl (C=O) groups is 1. The third-order valence-electron chi connectivity index (χ3n) is 1.87. The lowest BCUT2D eigenvalue weighted by Crippen LogP contribution is -2.61. The molecule has 3 N–H and O–H groups in total. The fourth-order valence-corrected chi connectivity index (χ4v) is 0.941. The average molecular weight is 239 g/mol. The van der Waals surface area contributed by atoms with Crippen LogP contribution in [0.3, 0.4) is 0 Å². The Hall–Kier alpha value is -1.71. The fraction of sp³-hybridized carbons (Fsp3) is 0.667. The van der Waals surface area contributed by atoms with Gasteiger partial charge in [-0.3, -0.25) is 0 Å². The van der Waals surface area contributed by atoms with Crippen molar-refractivity contribution >= 4 is 5.97 Å². The van der Waals surface area contributed by atoms with Crippen LogP contribution >= 0.6 is 0 Å². The van der Waals surface area contributed by atoms with Crippen molar-refractivity contribution in [3.05, 3.63) is 5.82 Å². The normalized spacial score (nSPS) is 15.8. The highest BCUT2D eigenvalue weighted by molar-refractivity contribution is 5.80. The SMILES string of the molecule is Cn1nnc(CC(N)(C(=O)O)C(F)(F)F)n1. The number of carboxylic acid groups (broad SMARTS) is 1. The zero-order chi connectivity index (χ0) is 12.6. The molecular formula is C6H8F3N5O2. The first-order valence-corrected chi connectivity index (χ1v) is 3.98. The Morgan fingerprint density at radius 1 is 1.56 bits per heavy atom. The first-order valence-electron chi connectivity index (χ1n) is 3.98. The minimum Gasteiger partial charge on any atom is -0.480 e. The van der Waals surface area contributed by atoms with Gasteiger partial charge >= 0.3 is 12.1 Å². The van der Waals surface area contributed by atoms with Gasteiger partial charge < -0.3 is 10.8 Å². The Labute approximate surface area is 87.0 Å². The quantitative estimate of drug-likeness (QED) is 0.707. The number of halogens is 3. The van der Waals surface area contributed by atoms with Crippen molar-refractivity contribution in [1.82, 2.24) is 20.2 Å². The number of alkyl halides is 3. The van der Waals surface area contributed by atoms with Crippen molar-refractivity contribution in [3.8, 4) is 0 Å². The number of aliphatic carboxylic acids is 1. The second-order valence-electron chi connectivity index (χ2n) is 3.15. The number of aryl methyl sites for hydroxylation is 1. The zero-order valence-electron chi connectivity index (χ0n) is 8.06. The first-order chi connectivity index (χ1) is 7.17. The summed E-state index contributed by atoms with van der Waals surface area (Å²) in [6.07, 6.45) is -6.17. The van der Waals surface area contributed by atoms with E-state index in [2.05, 4.69) is 15.4 Å². The lowest BCUT2D eigenvalue weighted by Gasteiger charge is -2.25. The molecule has 0 saturated heterocycles. The van der Waals surface area contributed by atoms with Gasteiger partial charge in [0.05, 0.1) is 7.05 Å². The third kappa shape index (κ3) is 2.10. The van der Waals surface area contributed by atoms with Crippen LogP contribution in [0.4, 0.5) is 13.2 Å². The van der Waals surface area contributed by atoms with Gasteiger partial charge in [-0.1, -0.05) is 0 Å². The summed E-state index contributed by atoms with van der Waals surface area (Å²) in [7, 11) is 1.34. The summed E-state index contributed by atoms with van der Waals surface area (Å²) < 4.78 is 37.4. The third-order valence-corrected chi connectivity index (χ3v) is 1.87. The standard InChI is InChI=1S/C6H8F3N5O2/c1-14-12-3(11-13-14)2-5(10,4(15)16)6(7,8)9/h2,10H2,1H3,(H,15,16). The number of aromatic nitrogens is 4. The Balaban J connectivity index is 3.01. The topological polar surface area (TPSA) is 107 Å². The molecule has 1 atom stereocenters. The number of tetrazole rings is 1. The summed E-state index contributed by atoms with van der Waals surface area (Å²) in [6.45, 7) is 0. The Morgan fingerprint density at radius 2 is 2.12 bits per heavy atom. The number of nitrogens with zero attached hydrogens (tertiary/aromatic N) is 4. The van der Waals surface area contributed by atoms with Gasteiger partial charge in [-0.05, 0) is 5.21 Å². The van der Waals surface area contributed by atoms with Gasteiger partial charge in [0.1, 0.15) is 0 Å². The zero-order valence-corrected chi connectivity index (χ0v) is 8.06. The van der Waals surface area contributed by atoms with Crippen LogP contribution in [0.5, 0.6) is 0 Å². The van der Waals surface area contributed by atoms with E-state index in [-0.39, 0.29) is 5.82 Å². The lowest BCUT2D eigenvalue weighted by molar-refractivity contribution is -0.202. The van der Waals surface area contributed by atoms with E-state index >= 15 is 0 Å². The van der Waals surface area contributed by atoms with Crippen LogP contribution in [-0.2, 0) is 18.3 Å². The molecule has 0 spiro atoms. The summed E-state index contributed by atoms with van der Waals surface area (Å²) in [6, 6.07) is 0. The van der Waals surface area contributed by atoms with E-state index in [9.17, 15) is 18.0 Å².